The van der Waals surface area contributed by atoms with Crippen LogP contribution >= 0.6 is 24.2 Å². The molecule has 0 spiro atoms. The van der Waals surface area contributed by atoms with Gasteiger partial charge in [-0.05, 0) is 37.1 Å². The van der Waals surface area contributed by atoms with E-state index in [0.29, 0.717) is 13.0 Å². The molecule has 1 saturated heterocycles. The molecule has 0 aliphatic carbocycles. The first-order valence-corrected chi connectivity index (χ1v) is 9.40. The Morgan fingerprint density at radius 3 is 2.67 bits per heavy atom. The van der Waals surface area contributed by atoms with Gasteiger partial charge in [0.2, 0.25) is 5.91 Å². The lowest BCUT2D eigenvalue weighted by molar-refractivity contribution is -0.122. The number of nitrogens with zero attached hydrogens (tertiary/aromatic N) is 3. The maximum atomic E-state index is 11.9. The third kappa shape index (κ3) is 6.47. The fourth-order valence-corrected chi connectivity index (χ4v) is 2.93. The fourth-order valence-electron chi connectivity index (χ4n) is 2.44. The second kappa shape index (κ2) is 10.8. The second-order valence-corrected chi connectivity index (χ2v) is 6.91. The van der Waals surface area contributed by atoms with Gasteiger partial charge in [-0.25, -0.2) is 4.98 Å². The monoisotopic (exact) mass is 373 g/mol. The highest BCUT2D eigenvalue weighted by Gasteiger charge is 2.15. The van der Waals surface area contributed by atoms with Gasteiger partial charge in [0.1, 0.15) is 5.82 Å². The van der Waals surface area contributed by atoms with Crippen LogP contribution in [0.2, 0.25) is 0 Å². The number of anilines is 1. The molecule has 1 atom stereocenters. The van der Waals surface area contributed by atoms with Crippen molar-refractivity contribution in [1.82, 2.24) is 15.2 Å². The van der Waals surface area contributed by atoms with Gasteiger partial charge < -0.3 is 20.9 Å². The van der Waals surface area contributed by atoms with E-state index in [2.05, 4.69) is 27.1 Å². The number of hydrogen-bond acceptors (Lipinski definition) is 6. The van der Waals surface area contributed by atoms with Gasteiger partial charge >= 0.3 is 0 Å². The number of amides is 1. The summed E-state index contributed by atoms with van der Waals surface area (Å²) in [5.41, 5.74) is 6.84. The summed E-state index contributed by atoms with van der Waals surface area (Å²) in [5, 5.41) is 2.88. The van der Waals surface area contributed by atoms with Crippen molar-refractivity contribution >= 4 is 35.9 Å². The lowest BCUT2D eigenvalue weighted by Crippen LogP contribution is -2.44. The van der Waals surface area contributed by atoms with Gasteiger partial charge in [0.05, 0.1) is 6.04 Å². The van der Waals surface area contributed by atoms with Crippen LogP contribution in [0.3, 0.4) is 0 Å². The van der Waals surface area contributed by atoms with Gasteiger partial charge in [-0.1, -0.05) is 6.07 Å². The minimum absolute atomic E-state index is 0. The van der Waals surface area contributed by atoms with E-state index in [1.165, 1.54) is 0 Å². The van der Waals surface area contributed by atoms with Crippen molar-refractivity contribution in [3.05, 3.63) is 23.9 Å². The molecule has 1 amide bonds. The quantitative estimate of drug-likeness (QED) is 0.741. The summed E-state index contributed by atoms with van der Waals surface area (Å²) >= 11 is 1.70. The molecule has 2 heterocycles. The largest absolute Gasteiger partial charge is 0.354 e. The van der Waals surface area contributed by atoms with E-state index in [-0.39, 0.29) is 18.3 Å². The van der Waals surface area contributed by atoms with E-state index >= 15 is 0 Å². The zero-order chi connectivity index (χ0) is 16.7. The molecule has 3 N–H and O–H groups in total. The standard InChI is InChI=1S/C16H27N5OS.ClH/c1-20-6-8-21(9-7-20)15-4-3-13(11-18-15)12-19-16(22)14(17)5-10-23-2;/h3-4,11,14H,5-10,12,17H2,1-2H3,(H,19,22);1H/t14-;/m0./s1. The normalized spacial score (nSPS) is 16.4. The molecule has 1 aromatic rings. The van der Waals surface area contributed by atoms with Gasteiger partial charge in [-0.2, -0.15) is 11.8 Å². The molecule has 0 unspecified atom stereocenters. The topological polar surface area (TPSA) is 74.5 Å². The zero-order valence-electron chi connectivity index (χ0n) is 14.4. The highest BCUT2D eigenvalue weighted by molar-refractivity contribution is 7.98. The highest BCUT2D eigenvalue weighted by atomic mass is 35.5. The van der Waals surface area contributed by atoms with Gasteiger partial charge in [-0.15, -0.1) is 12.4 Å². The van der Waals surface area contributed by atoms with Gasteiger partial charge in [0.15, 0.2) is 0 Å². The van der Waals surface area contributed by atoms with Crippen molar-refractivity contribution in [3.8, 4) is 0 Å². The van der Waals surface area contributed by atoms with E-state index in [4.69, 9.17) is 5.73 Å². The van der Waals surface area contributed by atoms with Gasteiger partial charge in [-0.3, -0.25) is 4.79 Å². The number of carbonyl (C=O) groups excluding carboxylic acids is 1. The van der Waals surface area contributed by atoms with Crippen molar-refractivity contribution in [3.63, 3.8) is 0 Å². The molecule has 0 radical (unpaired) electrons. The average molecular weight is 374 g/mol. The minimum Gasteiger partial charge on any atom is -0.354 e. The third-order valence-corrected chi connectivity index (χ3v) is 4.72. The summed E-state index contributed by atoms with van der Waals surface area (Å²) in [6, 6.07) is 3.62. The number of thioether (sulfide) groups is 1. The molecule has 2 rings (SSSR count). The molecule has 0 aromatic carbocycles. The molecular formula is C16H28ClN5OS. The lowest BCUT2D eigenvalue weighted by Gasteiger charge is -2.33. The molecule has 1 aliphatic heterocycles. The SMILES string of the molecule is CSCC[C@H](N)C(=O)NCc1ccc(N2CCN(C)CC2)nc1.Cl. The Labute approximate surface area is 155 Å². The van der Waals surface area contributed by atoms with Crippen LogP contribution in [0.5, 0.6) is 0 Å². The maximum absolute atomic E-state index is 11.9. The number of carbonyl (C=O) groups is 1. The Morgan fingerprint density at radius 1 is 1.38 bits per heavy atom. The predicted octanol–water partition coefficient (Wildman–Crippen LogP) is 0.952. The summed E-state index contributed by atoms with van der Waals surface area (Å²) in [4.78, 5) is 21.0. The Balaban J connectivity index is 0.00000288. The number of pyridine rings is 1. The first kappa shape index (κ1) is 21.0. The van der Waals surface area contributed by atoms with Gasteiger partial charge in [0.25, 0.3) is 0 Å². The molecule has 1 aromatic heterocycles. The predicted molar refractivity (Wildman–Crippen MR) is 104 cm³/mol. The Morgan fingerprint density at radius 2 is 2.08 bits per heavy atom. The number of nitrogens with two attached hydrogens (primary N) is 1. The van der Waals surface area contributed by atoms with E-state index in [9.17, 15) is 4.79 Å². The van der Waals surface area contributed by atoms with E-state index in [1.54, 1.807) is 11.8 Å². The zero-order valence-corrected chi connectivity index (χ0v) is 16.0. The van der Waals surface area contributed by atoms with Crippen LogP contribution in [0.1, 0.15) is 12.0 Å². The molecule has 1 fully saturated rings. The second-order valence-electron chi connectivity index (χ2n) is 5.92. The summed E-state index contributed by atoms with van der Waals surface area (Å²) in [6.07, 6.45) is 4.55. The summed E-state index contributed by atoms with van der Waals surface area (Å²) < 4.78 is 0. The number of halogens is 1. The van der Waals surface area contributed by atoms with Crippen LogP contribution in [0.15, 0.2) is 18.3 Å². The number of hydrogen-bond donors (Lipinski definition) is 2. The van der Waals surface area contributed by atoms with Crippen molar-refractivity contribution in [2.24, 2.45) is 5.73 Å². The molecular weight excluding hydrogens is 346 g/mol. The van der Waals surface area contributed by atoms with Crippen molar-refractivity contribution in [2.75, 3.05) is 50.1 Å². The number of aromatic nitrogens is 1. The number of rotatable bonds is 7. The lowest BCUT2D eigenvalue weighted by atomic mass is 10.2. The molecule has 0 bridgehead atoms. The van der Waals surface area contributed by atoms with Crippen molar-refractivity contribution in [2.45, 2.75) is 19.0 Å². The average Bonchev–Trinajstić information content (AvgIpc) is 2.58. The minimum atomic E-state index is -0.431. The highest BCUT2D eigenvalue weighted by Crippen LogP contribution is 2.13. The smallest absolute Gasteiger partial charge is 0.237 e. The van der Waals surface area contributed by atoms with Crippen LogP contribution in [0.4, 0.5) is 5.82 Å². The van der Waals surface area contributed by atoms with Crippen LogP contribution < -0.4 is 16.0 Å². The molecule has 1 aliphatic rings. The summed E-state index contributed by atoms with van der Waals surface area (Å²) in [6.45, 7) is 4.61. The molecule has 0 saturated carbocycles. The Kier molecular flexibility index (Phi) is 9.43. The first-order valence-electron chi connectivity index (χ1n) is 8.01. The van der Waals surface area contributed by atoms with Crippen molar-refractivity contribution in [1.29, 1.82) is 0 Å². The first-order chi connectivity index (χ1) is 11.1. The third-order valence-electron chi connectivity index (χ3n) is 4.07. The molecule has 136 valence electrons. The Hall–Kier alpha value is -1.02. The number of nitrogens with one attached hydrogen (secondary N) is 1. The summed E-state index contributed by atoms with van der Waals surface area (Å²) in [7, 11) is 2.14. The molecule has 6 nitrogen and oxygen atoms in total. The van der Waals surface area contributed by atoms with Crippen LogP contribution in [-0.2, 0) is 11.3 Å². The maximum Gasteiger partial charge on any atom is 0.237 e. The fraction of sp³-hybridized carbons (Fsp3) is 0.625. The van der Waals surface area contributed by atoms with Crippen LogP contribution in [-0.4, -0.2) is 67.1 Å². The summed E-state index contributed by atoms with van der Waals surface area (Å²) in [5.74, 6) is 1.81. The van der Waals surface area contributed by atoms with E-state index in [1.807, 2.05) is 24.6 Å². The number of piperazine rings is 1. The van der Waals surface area contributed by atoms with Gasteiger partial charge in [0, 0.05) is 38.9 Å². The Bertz CT molecular complexity index is 494. The number of likely N-dealkylation sites (N-methyl/N-ethyl adjacent to an activating group) is 1. The molecule has 8 heteroatoms. The van der Waals surface area contributed by atoms with E-state index in [0.717, 1.165) is 43.3 Å². The van der Waals surface area contributed by atoms with Crippen LogP contribution in [0, 0.1) is 0 Å². The van der Waals surface area contributed by atoms with Crippen LogP contribution in [0.25, 0.3) is 0 Å². The van der Waals surface area contributed by atoms with E-state index < -0.39 is 6.04 Å². The van der Waals surface area contributed by atoms with Crippen molar-refractivity contribution < 1.29 is 4.79 Å². The molecule has 24 heavy (non-hydrogen) atoms.